The van der Waals surface area contributed by atoms with E-state index < -0.39 is 27.0 Å². The van der Waals surface area contributed by atoms with E-state index in [1.54, 1.807) is 26.8 Å². The average Bonchev–Trinajstić information content (AvgIpc) is 2.79. The molecule has 0 spiro atoms. The quantitative estimate of drug-likeness (QED) is 0.326. The van der Waals surface area contributed by atoms with Crippen molar-refractivity contribution < 1.29 is 13.2 Å². The summed E-state index contributed by atoms with van der Waals surface area (Å²) < 4.78 is 27.3. The minimum absolute atomic E-state index is 0.0704. The van der Waals surface area contributed by atoms with Gasteiger partial charge in [0.1, 0.15) is 5.56 Å². The fourth-order valence-corrected chi connectivity index (χ4v) is 5.79. The predicted molar refractivity (Wildman–Crippen MR) is 136 cm³/mol. The van der Waals surface area contributed by atoms with Crippen LogP contribution in [-0.4, -0.2) is 53.8 Å². The van der Waals surface area contributed by atoms with Crippen molar-refractivity contribution in [3.8, 4) is 0 Å². The lowest BCUT2D eigenvalue weighted by molar-refractivity contribution is 0.0999. The van der Waals surface area contributed by atoms with Gasteiger partial charge in [-0.3, -0.25) is 14.6 Å². The number of nitrogens with two attached hydrogens (primary N) is 2. The first-order valence-corrected chi connectivity index (χ1v) is 13.3. The maximum Gasteiger partial charge on any atom is 0.267 e. The largest absolute Gasteiger partial charge is 0.365 e. The topological polar surface area (TPSA) is 176 Å². The number of H-pyrrole nitrogens is 1. The van der Waals surface area contributed by atoms with Gasteiger partial charge in [0.25, 0.3) is 11.5 Å². The number of carbonyl (C=O) groups is 1. The van der Waals surface area contributed by atoms with Gasteiger partial charge in [-0.1, -0.05) is 39.2 Å². The molecule has 1 aromatic heterocycles. The molecule has 1 heterocycles. The Bertz CT molecular complexity index is 1230. The van der Waals surface area contributed by atoms with Crippen LogP contribution in [0.4, 0.5) is 17.5 Å². The highest BCUT2D eigenvalue weighted by atomic mass is 32.2. The Kier molecular flexibility index (Phi) is 8.18. The third-order valence-electron chi connectivity index (χ3n) is 6.43. The summed E-state index contributed by atoms with van der Waals surface area (Å²) in [5, 5.41) is 6.03. The molecule has 1 saturated carbocycles. The molecule has 192 valence electrons. The molecule has 12 heteroatoms. The smallest absolute Gasteiger partial charge is 0.267 e. The molecule has 35 heavy (non-hydrogen) atoms. The number of aromatic nitrogens is 2. The molecule has 3 rings (SSSR count). The van der Waals surface area contributed by atoms with E-state index in [1.807, 2.05) is 0 Å². The number of hydrogen-bond donors (Lipinski definition) is 5. The molecule has 0 unspecified atom stereocenters. The highest BCUT2D eigenvalue weighted by molar-refractivity contribution is 7.89. The van der Waals surface area contributed by atoms with E-state index in [0.29, 0.717) is 30.9 Å². The number of aromatic amines is 1. The zero-order valence-corrected chi connectivity index (χ0v) is 21.3. The third kappa shape index (κ3) is 6.00. The van der Waals surface area contributed by atoms with E-state index in [2.05, 4.69) is 20.6 Å². The van der Waals surface area contributed by atoms with Crippen LogP contribution in [0.15, 0.2) is 27.9 Å². The van der Waals surface area contributed by atoms with Gasteiger partial charge in [0.15, 0.2) is 5.82 Å². The van der Waals surface area contributed by atoms with E-state index in [1.165, 1.54) is 16.4 Å². The number of rotatable bonds is 10. The van der Waals surface area contributed by atoms with Gasteiger partial charge in [-0.2, -0.15) is 9.29 Å². The Balaban J connectivity index is 1.97. The minimum Gasteiger partial charge on any atom is -0.365 e. The van der Waals surface area contributed by atoms with E-state index in [4.69, 9.17) is 11.5 Å². The molecule has 0 radical (unpaired) electrons. The zero-order valence-electron chi connectivity index (χ0n) is 20.5. The van der Waals surface area contributed by atoms with Gasteiger partial charge in [0.2, 0.25) is 16.0 Å². The molecule has 0 atom stereocenters. The van der Waals surface area contributed by atoms with Crippen LogP contribution in [0.2, 0.25) is 0 Å². The molecule has 1 aliphatic rings. The minimum atomic E-state index is -3.72. The first-order valence-electron chi connectivity index (χ1n) is 11.9. The zero-order chi connectivity index (χ0) is 25.8. The molecule has 7 N–H and O–H groups in total. The van der Waals surface area contributed by atoms with Crippen molar-refractivity contribution in [1.82, 2.24) is 14.3 Å². The molecule has 1 fully saturated rings. The molecular formula is C23H35N7O4S. The highest BCUT2D eigenvalue weighted by Gasteiger charge is 2.28. The monoisotopic (exact) mass is 505 g/mol. The van der Waals surface area contributed by atoms with E-state index in [-0.39, 0.29) is 22.2 Å². The van der Waals surface area contributed by atoms with Crippen LogP contribution in [-0.2, 0) is 10.0 Å². The number of anilines is 3. The van der Waals surface area contributed by atoms with Crippen LogP contribution in [0.5, 0.6) is 0 Å². The van der Waals surface area contributed by atoms with Crippen LogP contribution in [0, 0.1) is 6.92 Å². The number of carbonyl (C=O) groups excluding carboxylic acids is 1. The van der Waals surface area contributed by atoms with Gasteiger partial charge >= 0.3 is 0 Å². The van der Waals surface area contributed by atoms with Gasteiger partial charge in [0, 0.05) is 30.9 Å². The van der Waals surface area contributed by atoms with Gasteiger partial charge < -0.3 is 22.1 Å². The summed E-state index contributed by atoms with van der Waals surface area (Å²) in [5.74, 6) is -0.888. The number of primary amides is 1. The number of amides is 1. The van der Waals surface area contributed by atoms with Crippen LogP contribution < -0.4 is 27.7 Å². The van der Waals surface area contributed by atoms with Crippen molar-refractivity contribution in [1.29, 1.82) is 0 Å². The lowest BCUT2D eigenvalue weighted by Gasteiger charge is -2.33. The van der Waals surface area contributed by atoms with Gasteiger partial charge in [-0.25, -0.2) is 8.42 Å². The number of sulfonamides is 1. The third-order valence-corrected chi connectivity index (χ3v) is 8.47. The average molecular weight is 506 g/mol. The summed E-state index contributed by atoms with van der Waals surface area (Å²) >= 11 is 0. The van der Waals surface area contributed by atoms with Crippen LogP contribution in [0.25, 0.3) is 0 Å². The Morgan fingerprint density at radius 1 is 1.20 bits per heavy atom. The van der Waals surface area contributed by atoms with E-state index in [0.717, 1.165) is 32.1 Å². The molecule has 1 aromatic carbocycles. The van der Waals surface area contributed by atoms with E-state index >= 15 is 0 Å². The van der Waals surface area contributed by atoms with Crippen molar-refractivity contribution in [2.75, 3.05) is 30.3 Å². The second-order valence-electron chi connectivity index (χ2n) is 8.97. The molecular weight excluding hydrogens is 470 g/mol. The summed E-state index contributed by atoms with van der Waals surface area (Å²) in [6.45, 7) is 6.36. The van der Waals surface area contributed by atoms with Gasteiger partial charge in [-0.15, -0.1) is 0 Å². The van der Waals surface area contributed by atoms with Crippen molar-refractivity contribution in [2.45, 2.75) is 63.3 Å². The van der Waals surface area contributed by atoms with Crippen molar-refractivity contribution in [3.63, 3.8) is 0 Å². The summed E-state index contributed by atoms with van der Waals surface area (Å²) in [6, 6.07) is 4.63. The first kappa shape index (κ1) is 26.6. The van der Waals surface area contributed by atoms with E-state index in [9.17, 15) is 18.0 Å². The van der Waals surface area contributed by atoms with Crippen molar-refractivity contribution in [3.05, 3.63) is 39.7 Å². The lowest BCUT2D eigenvalue weighted by atomic mass is 9.82. The van der Waals surface area contributed by atoms with Crippen molar-refractivity contribution >= 4 is 33.4 Å². The second kappa shape index (κ2) is 10.8. The van der Waals surface area contributed by atoms with Crippen LogP contribution in [0.3, 0.4) is 0 Å². The fourth-order valence-electron chi connectivity index (χ4n) is 4.30. The summed E-state index contributed by atoms with van der Waals surface area (Å²) in [6.07, 6.45) is 4.96. The highest BCUT2D eigenvalue weighted by Crippen LogP contribution is 2.28. The van der Waals surface area contributed by atoms with Gasteiger partial charge in [0.05, 0.1) is 4.90 Å². The maximum absolute atomic E-state index is 13.0. The number of aryl methyl sites for hydroxylation is 1. The molecule has 0 saturated heterocycles. The van der Waals surface area contributed by atoms with Crippen LogP contribution in [0.1, 0.15) is 61.9 Å². The van der Waals surface area contributed by atoms with Gasteiger partial charge in [-0.05, 0) is 37.5 Å². The lowest BCUT2D eigenvalue weighted by Crippen LogP contribution is -2.48. The molecule has 2 aromatic rings. The Morgan fingerprint density at radius 3 is 2.46 bits per heavy atom. The Morgan fingerprint density at radius 2 is 1.86 bits per heavy atom. The number of hydrogen-bond acceptors (Lipinski definition) is 8. The Hall–Kier alpha value is -2.96. The number of nitrogens with zero attached hydrogens (tertiary/aromatic N) is 2. The molecule has 0 aliphatic heterocycles. The summed E-state index contributed by atoms with van der Waals surface area (Å²) in [7, 11) is -3.72. The summed E-state index contributed by atoms with van der Waals surface area (Å²) in [4.78, 5) is 31.7. The Labute approximate surface area is 205 Å². The number of benzene rings is 1. The molecule has 0 bridgehead atoms. The maximum atomic E-state index is 13.0. The molecule has 11 nitrogen and oxygen atoms in total. The summed E-state index contributed by atoms with van der Waals surface area (Å²) in [5.41, 5.74) is 11.5. The SMILES string of the molecule is CCN(CC)S(=O)(=O)c1ccc(C)c(Nc2nc(NCC3(N)CCCCC3)[nH]c(=O)c2C(N)=O)c1. The first-order chi connectivity index (χ1) is 16.5. The number of nitrogens with one attached hydrogen (secondary N) is 3. The normalized spacial score (nSPS) is 15.7. The standard InChI is InChI=1S/C23H35N7O4S/c1-4-30(5-2)35(33,34)16-10-9-15(3)17(13-16)27-20-18(19(24)31)21(32)29-22(28-20)26-14-23(25)11-7-6-8-12-23/h9-10,13H,4-8,11-12,14,25H2,1-3H3,(H2,24,31)(H3,26,27,28,29,32). The second-order valence-corrected chi connectivity index (χ2v) is 10.9. The molecule has 1 aliphatic carbocycles. The van der Waals surface area contributed by atoms with Crippen molar-refractivity contribution in [2.24, 2.45) is 11.5 Å². The van der Waals surface area contributed by atoms with Crippen LogP contribution >= 0.6 is 0 Å². The fraction of sp³-hybridized carbons (Fsp3) is 0.522. The predicted octanol–water partition coefficient (Wildman–Crippen LogP) is 2.02. The molecule has 1 amide bonds.